The molecule has 0 bridgehead atoms. The minimum Gasteiger partial charge on any atom is -0.300 e. The molecule has 0 radical (unpaired) electrons. The zero-order valence-electron chi connectivity index (χ0n) is 12.2. The number of hydrogen-bond acceptors (Lipinski definition) is 6. The zero-order valence-corrected chi connectivity index (χ0v) is 13.0. The molecule has 0 aromatic heterocycles. The van der Waals surface area contributed by atoms with Crippen molar-refractivity contribution in [3.8, 4) is 0 Å². The molecule has 0 saturated carbocycles. The fourth-order valence-corrected chi connectivity index (χ4v) is 2.07. The first kappa shape index (κ1) is 19.2. The van der Waals surface area contributed by atoms with Gasteiger partial charge in [-0.1, -0.05) is 12.8 Å². The van der Waals surface area contributed by atoms with Crippen molar-refractivity contribution >= 4 is 22.0 Å². The van der Waals surface area contributed by atoms with Crippen LogP contribution in [0.2, 0.25) is 0 Å². The highest BCUT2D eigenvalue weighted by Crippen LogP contribution is 2.08. The van der Waals surface area contributed by atoms with E-state index in [1.54, 1.807) is 6.92 Å². The summed E-state index contributed by atoms with van der Waals surface area (Å²) in [5.74, 6) is 0.307. The van der Waals surface area contributed by atoms with Gasteiger partial charge < -0.3 is 4.79 Å². The molecule has 7 heteroatoms. The Bertz CT molecular complexity index is 388. The molecule has 0 aliphatic carbocycles. The van der Waals surface area contributed by atoms with Crippen molar-refractivity contribution in [2.45, 2.75) is 58.3 Å². The lowest BCUT2D eigenvalue weighted by atomic mass is 10.1. The van der Waals surface area contributed by atoms with Crippen LogP contribution in [-0.2, 0) is 28.4 Å². The van der Waals surface area contributed by atoms with Crippen LogP contribution in [0.4, 0.5) is 0 Å². The van der Waals surface area contributed by atoms with Crippen LogP contribution in [0.3, 0.4) is 0 Å². The van der Waals surface area contributed by atoms with E-state index >= 15 is 0 Å². The van der Waals surface area contributed by atoms with Gasteiger partial charge in [0, 0.05) is 19.3 Å². The molecule has 0 atom stereocenters. The third-order valence-corrected chi connectivity index (χ3v) is 3.63. The first-order valence-electron chi connectivity index (χ1n) is 6.83. The molecule has 0 fully saturated rings. The molecule has 0 aromatic carbocycles. The van der Waals surface area contributed by atoms with Crippen LogP contribution < -0.4 is 0 Å². The van der Waals surface area contributed by atoms with Crippen molar-refractivity contribution in [2.24, 2.45) is 0 Å². The van der Waals surface area contributed by atoms with E-state index in [1.165, 1.54) is 0 Å². The molecule has 118 valence electrons. The number of carbonyl (C=O) groups is 2. The SMILES string of the molecule is COS(=O)(=O)OCCCC(=O)CCCCCCC(C)=O. The second-order valence-electron chi connectivity index (χ2n) is 4.66. The molecule has 0 aromatic rings. The third-order valence-electron chi connectivity index (χ3n) is 2.77. The smallest absolute Gasteiger partial charge is 0.300 e. The molecule has 0 N–H and O–H groups in total. The van der Waals surface area contributed by atoms with Crippen LogP contribution in [0.1, 0.15) is 58.3 Å². The molecule has 0 aliphatic heterocycles. The van der Waals surface area contributed by atoms with E-state index in [-0.39, 0.29) is 18.2 Å². The van der Waals surface area contributed by atoms with Crippen LogP contribution >= 0.6 is 0 Å². The van der Waals surface area contributed by atoms with Crippen molar-refractivity contribution in [1.29, 1.82) is 0 Å². The third kappa shape index (κ3) is 12.3. The standard InChI is InChI=1S/C13H24O6S/c1-12(14)8-5-3-4-6-9-13(15)10-7-11-19-20(16,17)18-2/h3-11H2,1-2H3. The highest BCUT2D eigenvalue weighted by atomic mass is 32.3. The van der Waals surface area contributed by atoms with Crippen LogP contribution in [0, 0.1) is 0 Å². The van der Waals surface area contributed by atoms with Crippen LogP contribution in [0.15, 0.2) is 0 Å². The number of rotatable bonds is 13. The highest BCUT2D eigenvalue weighted by molar-refractivity contribution is 7.81. The van der Waals surface area contributed by atoms with E-state index in [4.69, 9.17) is 0 Å². The Morgan fingerprint density at radius 2 is 1.45 bits per heavy atom. The average Bonchev–Trinajstić information content (AvgIpc) is 2.38. The molecule has 0 unspecified atom stereocenters. The largest absolute Gasteiger partial charge is 0.399 e. The number of Topliss-reactive ketones (excluding diaryl/α,β-unsaturated/α-hetero) is 2. The van der Waals surface area contributed by atoms with Gasteiger partial charge in [0.15, 0.2) is 0 Å². The molecule has 0 aliphatic rings. The molecule has 0 spiro atoms. The lowest BCUT2D eigenvalue weighted by Crippen LogP contribution is -2.09. The predicted molar refractivity (Wildman–Crippen MR) is 74.5 cm³/mol. The van der Waals surface area contributed by atoms with E-state index in [0.29, 0.717) is 25.7 Å². The molecular formula is C13H24O6S. The van der Waals surface area contributed by atoms with Gasteiger partial charge in [-0.15, -0.1) is 0 Å². The zero-order chi connectivity index (χ0) is 15.4. The van der Waals surface area contributed by atoms with E-state index in [0.717, 1.165) is 32.8 Å². The summed E-state index contributed by atoms with van der Waals surface area (Å²) in [6, 6.07) is 0. The van der Waals surface area contributed by atoms with Gasteiger partial charge in [-0.3, -0.25) is 8.98 Å². The van der Waals surface area contributed by atoms with Gasteiger partial charge in [0.2, 0.25) is 0 Å². The van der Waals surface area contributed by atoms with Crippen molar-refractivity contribution in [1.82, 2.24) is 0 Å². The van der Waals surface area contributed by atoms with Gasteiger partial charge in [0.05, 0.1) is 13.7 Å². The monoisotopic (exact) mass is 308 g/mol. The molecule has 0 heterocycles. The Kier molecular flexibility index (Phi) is 10.5. The maximum absolute atomic E-state index is 11.5. The maximum atomic E-state index is 11.5. The van der Waals surface area contributed by atoms with Gasteiger partial charge in [-0.05, 0) is 26.2 Å². The minimum absolute atomic E-state index is 0.0411. The fraction of sp³-hybridized carbons (Fsp3) is 0.846. The Labute approximate surface area is 121 Å². The summed E-state index contributed by atoms with van der Waals surface area (Å²) in [5.41, 5.74) is 0. The summed E-state index contributed by atoms with van der Waals surface area (Å²) >= 11 is 0. The average molecular weight is 308 g/mol. The van der Waals surface area contributed by atoms with E-state index < -0.39 is 10.4 Å². The first-order chi connectivity index (χ1) is 9.37. The number of ketones is 2. The van der Waals surface area contributed by atoms with E-state index in [9.17, 15) is 18.0 Å². The molecule has 0 amide bonds. The number of carbonyl (C=O) groups excluding carboxylic acids is 2. The van der Waals surface area contributed by atoms with E-state index in [2.05, 4.69) is 8.37 Å². The van der Waals surface area contributed by atoms with Gasteiger partial charge in [0.1, 0.15) is 11.6 Å². The second-order valence-corrected chi connectivity index (χ2v) is 6.04. The summed E-state index contributed by atoms with van der Waals surface area (Å²) in [6.45, 7) is 1.54. The maximum Gasteiger partial charge on any atom is 0.399 e. The van der Waals surface area contributed by atoms with Crippen LogP contribution in [0.5, 0.6) is 0 Å². The van der Waals surface area contributed by atoms with Gasteiger partial charge in [-0.25, -0.2) is 4.18 Å². The molecule has 0 rings (SSSR count). The van der Waals surface area contributed by atoms with Crippen molar-refractivity contribution < 1.29 is 26.4 Å². The minimum atomic E-state index is -3.89. The molecule has 0 saturated heterocycles. The summed E-state index contributed by atoms with van der Waals surface area (Å²) in [6.07, 6.45) is 5.38. The first-order valence-corrected chi connectivity index (χ1v) is 8.17. The molecule has 20 heavy (non-hydrogen) atoms. The predicted octanol–water partition coefficient (Wildman–Crippen LogP) is 2.17. The van der Waals surface area contributed by atoms with Crippen molar-refractivity contribution in [3.63, 3.8) is 0 Å². The normalized spacial score (nSPS) is 11.5. The Morgan fingerprint density at radius 1 is 0.900 bits per heavy atom. The van der Waals surface area contributed by atoms with Gasteiger partial charge in [0.25, 0.3) is 0 Å². The lowest BCUT2D eigenvalue weighted by Gasteiger charge is -2.03. The lowest BCUT2D eigenvalue weighted by molar-refractivity contribution is -0.119. The fourth-order valence-electron chi connectivity index (χ4n) is 1.65. The highest BCUT2D eigenvalue weighted by Gasteiger charge is 2.09. The Morgan fingerprint density at radius 3 is 2.00 bits per heavy atom. The molecule has 6 nitrogen and oxygen atoms in total. The molecular weight excluding hydrogens is 284 g/mol. The summed E-state index contributed by atoms with van der Waals surface area (Å²) < 4.78 is 30.2. The van der Waals surface area contributed by atoms with Crippen molar-refractivity contribution in [2.75, 3.05) is 13.7 Å². The van der Waals surface area contributed by atoms with Crippen LogP contribution in [0.25, 0.3) is 0 Å². The van der Waals surface area contributed by atoms with Crippen LogP contribution in [-0.4, -0.2) is 33.7 Å². The van der Waals surface area contributed by atoms with Gasteiger partial charge >= 0.3 is 10.4 Å². The Hall–Kier alpha value is -0.790. The van der Waals surface area contributed by atoms with Gasteiger partial charge in [-0.2, -0.15) is 8.42 Å². The quantitative estimate of drug-likeness (QED) is 0.485. The number of unbranched alkanes of at least 4 members (excludes halogenated alkanes) is 3. The van der Waals surface area contributed by atoms with E-state index in [1.807, 2.05) is 0 Å². The number of hydrogen-bond donors (Lipinski definition) is 0. The second kappa shape index (κ2) is 10.9. The Balaban J connectivity index is 3.44. The summed E-state index contributed by atoms with van der Waals surface area (Å²) in [7, 11) is -2.87. The van der Waals surface area contributed by atoms with Crippen molar-refractivity contribution in [3.05, 3.63) is 0 Å². The topological polar surface area (TPSA) is 86.7 Å². The summed E-state index contributed by atoms with van der Waals surface area (Å²) in [4.78, 5) is 22.2. The summed E-state index contributed by atoms with van der Waals surface area (Å²) in [5, 5.41) is 0.